The van der Waals surface area contributed by atoms with Crippen molar-refractivity contribution in [3.8, 4) is 11.3 Å². The molecule has 1 aromatic carbocycles. The van der Waals surface area contributed by atoms with Gasteiger partial charge in [-0.1, -0.05) is 35.9 Å². The molecule has 1 aliphatic rings. The molecule has 0 saturated carbocycles. The molecule has 0 bridgehead atoms. The predicted octanol–water partition coefficient (Wildman–Crippen LogP) is 3.45. The number of likely N-dealkylation sites (N-methyl/N-ethyl adjacent to an activating group) is 1. The summed E-state index contributed by atoms with van der Waals surface area (Å²) in [5.41, 5.74) is 9.96. The normalized spacial score (nSPS) is 16.8. The lowest BCUT2D eigenvalue weighted by Crippen LogP contribution is -2.34. The second-order valence-corrected chi connectivity index (χ2v) is 7.34. The summed E-state index contributed by atoms with van der Waals surface area (Å²) < 4.78 is 2.05. The van der Waals surface area contributed by atoms with E-state index in [1.807, 2.05) is 37.2 Å². The van der Waals surface area contributed by atoms with Gasteiger partial charge < -0.3 is 9.41 Å². The van der Waals surface area contributed by atoms with Crippen molar-refractivity contribution < 1.29 is 4.79 Å². The number of benzene rings is 1. The number of aromatic nitrogens is 2. The molecule has 0 saturated heterocycles. The summed E-state index contributed by atoms with van der Waals surface area (Å²) in [5, 5.41) is 1.81. The van der Waals surface area contributed by atoms with Gasteiger partial charge in [0.25, 0.3) is 0 Å². The average Bonchev–Trinajstić information content (AvgIpc) is 3.15. The predicted molar refractivity (Wildman–Crippen MR) is 107 cm³/mol. The molecule has 0 spiro atoms. The van der Waals surface area contributed by atoms with Crippen LogP contribution < -0.4 is 5.43 Å². The summed E-state index contributed by atoms with van der Waals surface area (Å²) in [7, 11) is 1.88. The third kappa shape index (κ3) is 3.26. The van der Waals surface area contributed by atoms with Crippen LogP contribution in [-0.4, -0.2) is 33.3 Å². The monoisotopic (exact) mass is 360 g/mol. The van der Waals surface area contributed by atoms with Gasteiger partial charge in [-0.15, -0.1) is 0 Å². The molecule has 4 rings (SSSR count). The zero-order valence-corrected chi connectivity index (χ0v) is 16.2. The lowest BCUT2D eigenvalue weighted by molar-refractivity contribution is -0.116. The first kappa shape index (κ1) is 17.5. The number of hydrazine groups is 1. The molecule has 2 aromatic heterocycles. The molecule has 0 aliphatic carbocycles. The number of carbonyl (C=O) groups excluding carboxylic acids is 1. The zero-order valence-electron chi connectivity index (χ0n) is 16.2. The summed E-state index contributed by atoms with van der Waals surface area (Å²) >= 11 is 0. The molecule has 5 heteroatoms. The van der Waals surface area contributed by atoms with Crippen molar-refractivity contribution in [1.29, 1.82) is 0 Å². The number of nitrogens with one attached hydrogen (secondary N) is 1. The quantitative estimate of drug-likeness (QED) is 0.774. The lowest BCUT2D eigenvalue weighted by Gasteiger charge is -2.16. The van der Waals surface area contributed by atoms with E-state index in [4.69, 9.17) is 4.98 Å². The number of rotatable bonds is 4. The van der Waals surface area contributed by atoms with Crippen LogP contribution in [0, 0.1) is 13.8 Å². The van der Waals surface area contributed by atoms with Crippen LogP contribution in [0.15, 0.2) is 54.4 Å². The summed E-state index contributed by atoms with van der Waals surface area (Å²) in [6.45, 7) is 6.15. The van der Waals surface area contributed by atoms with E-state index in [0.717, 1.165) is 28.2 Å². The van der Waals surface area contributed by atoms with E-state index >= 15 is 0 Å². The van der Waals surface area contributed by atoms with E-state index in [-0.39, 0.29) is 11.8 Å². The molecule has 27 heavy (non-hydrogen) atoms. The maximum Gasteiger partial charge on any atom is 0.185 e. The Hall–Kier alpha value is -2.92. The number of hydrogen-bond acceptors (Lipinski definition) is 4. The summed E-state index contributed by atoms with van der Waals surface area (Å²) in [5.74, 6) is 0.0889. The van der Waals surface area contributed by atoms with Gasteiger partial charge in [-0.05, 0) is 38.5 Å². The van der Waals surface area contributed by atoms with Crippen molar-refractivity contribution in [1.82, 2.24) is 19.8 Å². The summed E-state index contributed by atoms with van der Waals surface area (Å²) in [4.78, 5) is 17.9. The minimum Gasteiger partial charge on any atom is -0.308 e. The van der Waals surface area contributed by atoms with Crippen molar-refractivity contribution in [3.63, 3.8) is 0 Å². The number of pyridine rings is 1. The molecular formula is C22H24N4O. The number of allylic oxidation sites excluding steroid dienone is 1. The van der Waals surface area contributed by atoms with Crippen LogP contribution in [0.3, 0.4) is 0 Å². The Balaban J connectivity index is 1.81. The van der Waals surface area contributed by atoms with E-state index in [1.165, 1.54) is 5.56 Å². The molecular weight excluding hydrogens is 336 g/mol. The van der Waals surface area contributed by atoms with Crippen molar-refractivity contribution in [2.45, 2.75) is 33.2 Å². The van der Waals surface area contributed by atoms with Crippen LogP contribution in [0.2, 0.25) is 0 Å². The van der Waals surface area contributed by atoms with Crippen molar-refractivity contribution in [2.24, 2.45) is 0 Å². The summed E-state index contributed by atoms with van der Waals surface area (Å²) in [6.07, 6.45) is 4.33. The van der Waals surface area contributed by atoms with Crippen LogP contribution in [0.1, 0.15) is 23.7 Å². The first-order valence-electron chi connectivity index (χ1n) is 9.22. The summed E-state index contributed by atoms with van der Waals surface area (Å²) in [6, 6.07) is 12.5. The molecule has 1 N–H and O–H groups in total. The highest BCUT2D eigenvalue weighted by atomic mass is 16.1. The number of aryl methyl sites for hydroxylation is 2. The Morgan fingerprint density at radius 1 is 1.11 bits per heavy atom. The van der Waals surface area contributed by atoms with Crippen LogP contribution in [0.4, 0.5) is 0 Å². The topological polar surface area (TPSA) is 49.6 Å². The fourth-order valence-electron chi connectivity index (χ4n) is 3.59. The van der Waals surface area contributed by atoms with Crippen LogP contribution in [0.25, 0.3) is 16.9 Å². The second-order valence-electron chi connectivity index (χ2n) is 7.34. The molecule has 0 radical (unpaired) electrons. The molecule has 1 atom stereocenters. The van der Waals surface area contributed by atoms with Crippen LogP contribution in [0.5, 0.6) is 0 Å². The fourth-order valence-corrected chi connectivity index (χ4v) is 3.59. The Bertz CT molecular complexity index is 1050. The number of nitrogens with zero attached hydrogens (tertiary/aromatic N) is 3. The molecule has 0 fully saturated rings. The molecule has 3 aromatic rings. The highest BCUT2D eigenvalue weighted by molar-refractivity contribution is 5.97. The number of Topliss-reactive ketones (excluding diaryl/α,β-unsaturated/α-hetero) is 1. The Kier molecular flexibility index (Phi) is 4.32. The third-order valence-electron chi connectivity index (χ3n) is 4.97. The number of ketones is 1. The first-order chi connectivity index (χ1) is 12.9. The number of imidazole rings is 1. The SMILES string of the molecule is Cc1ccc(-c2nc3ccc(C)cn3c2CC(=O)C2=CC(C)NN2C)cc1. The maximum absolute atomic E-state index is 13.0. The van der Waals surface area contributed by atoms with Gasteiger partial charge in [-0.2, -0.15) is 0 Å². The van der Waals surface area contributed by atoms with Crippen molar-refractivity contribution in [2.75, 3.05) is 7.05 Å². The average molecular weight is 360 g/mol. The van der Waals surface area contributed by atoms with Gasteiger partial charge in [0.15, 0.2) is 5.78 Å². The van der Waals surface area contributed by atoms with E-state index < -0.39 is 0 Å². The first-order valence-corrected chi connectivity index (χ1v) is 9.22. The Morgan fingerprint density at radius 3 is 2.48 bits per heavy atom. The lowest BCUT2D eigenvalue weighted by atomic mass is 10.0. The molecule has 5 nitrogen and oxygen atoms in total. The number of hydrogen-bond donors (Lipinski definition) is 1. The van der Waals surface area contributed by atoms with E-state index in [1.54, 1.807) is 0 Å². The van der Waals surface area contributed by atoms with Gasteiger partial charge in [0.1, 0.15) is 5.65 Å². The van der Waals surface area contributed by atoms with E-state index in [9.17, 15) is 4.79 Å². The standard InChI is InChI=1S/C22H24N4O/c1-14-5-8-17(9-6-14)22-19(26-13-15(2)7-10-21(26)23-22)12-20(27)18-11-16(3)24-25(18)4/h5-11,13,16,24H,12H2,1-4H3. The minimum atomic E-state index is 0.0889. The molecule has 1 unspecified atom stereocenters. The number of fused-ring (bicyclic) bond motifs is 1. The molecule has 1 aliphatic heterocycles. The smallest absolute Gasteiger partial charge is 0.185 e. The van der Waals surface area contributed by atoms with Crippen LogP contribution >= 0.6 is 0 Å². The Labute approximate surface area is 159 Å². The third-order valence-corrected chi connectivity index (χ3v) is 4.97. The van der Waals surface area contributed by atoms with Gasteiger partial charge in [-0.3, -0.25) is 4.79 Å². The van der Waals surface area contributed by atoms with Crippen LogP contribution in [-0.2, 0) is 11.2 Å². The van der Waals surface area contributed by atoms with Gasteiger partial charge in [-0.25, -0.2) is 10.4 Å². The minimum absolute atomic E-state index is 0.0889. The van der Waals surface area contributed by atoms with Gasteiger partial charge in [0, 0.05) is 24.8 Å². The highest BCUT2D eigenvalue weighted by Gasteiger charge is 2.25. The van der Waals surface area contributed by atoms with Gasteiger partial charge >= 0.3 is 0 Å². The van der Waals surface area contributed by atoms with Gasteiger partial charge in [0.2, 0.25) is 0 Å². The maximum atomic E-state index is 13.0. The van der Waals surface area contributed by atoms with Gasteiger partial charge in [0.05, 0.1) is 23.5 Å². The van der Waals surface area contributed by atoms with E-state index in [2.05, 4.69) is 54.1 Å². The fraction of sp³-hybridized carbons (Fsp3) is 0.273. The number of carbonyl (C=O) groups is 1. The van der Waals surface area contributed by atoms with Crippen molar-refractivity contribution >= 4 is 11.4 Å². The molecule has 0 amide bonds. The Morgan fingerprint density at radius 2 is 1.81 bits per heavy atom. The molecule has 138 valence electrons. The second kappa shape index (κ2) is 6.67. The van der Waals surface area contributed by atoms with Crippen molar-refractivity contribution in [3.05, 3.63) is 71.2 Å². The van der Waals surface area contributed by atoms with E-state index in [0.29, 0.717) is 12.1 Å². The molecule has 3 heterocycles. The highest BCUT2D eigenvalue weighted by Crippen LogP contribution is 2.27. The largest absolute Gasteiger partial charge is 0.308 e. The zero-order chi connectivity index (χ0) is 19.1.